The molecule has 3 amide bonds. The van der Waals surface area contributed by atoms with Gasteiger partial charge in [-0.15, -0.1) is 86.8 Å². The van der Waals surface area contributed by atoms with Crippen molar-refractivity contribution in [3.63, 3.8) is 0 Å². The number of ether oxygens (including phenoxy) is 2. The predicted octanol–water partition coefficient (Wildman–Crippen LogP) is 11.0. The third kappa shape index (κ3) is 15.1. The number of carbonyl (C=O) groups is 4. The van der Waals surface area contributed by atoms with E-state index in [0.717, 1.165) is 59.0 Å². The normalized spacial score (nSPS) is 16.2. The van der Waals surface area contributed by atoms with E-state index in [4.69, 9.17) is 26.5 Å². The number of anilines is 2. The second kappa shape index (κ2) is 31.7. The van der Waals surface area contributed by atoms with Crippen molar-refractivity contribution in [3.8, 4) is 89.4 Å². The number of nitrogens with zero attached hydrogens (tertiary/aromatic N) is 5. The second-order valence-electron chi connectivity index (χ2n) is 32.3. The van der Waals surface area contributed by atoms with Crippen LogP contribution in [0, 0.1) is 61.8 Å². The summed E-state index contributed by atoms with van der Waals surface area (Å²) in [5.41, 5.74) is 6.40. The first-order valence-corrected chi connectivity index (χ1v) is 48.9. The zero-order chi connectivity index (χ0) is 91.9. The lowest BCUT2D eigenvalue weighted by Gasteiger charge is -2.43. The molecular weight excluding hydrogens is 1830 g/mol. The number of rotatable bonds is 14. The number of terminal acetylenes is 2. The molecule has 40 heteroatoms. The number of hydrogen-bond donors (Lipinski definition) is 2. The van der Waals surface area contributed by atoms with Crippen molar-refractivity contribution in [2.75, 3.05) is 62.6 Å². The molecular formula is C86H73F4N7O19S10-2. The van der Waals surface area contributed by atoms with Crippen molar-refractivity contribution >= 4 is 156 Å². The number of benzene rings is 6. The van der Waals surface area contributed by atoms with Crippen LogP contribution >= 0.6 is 68.9 Å². The number of fused-ring (bicyclic) bond motifs is 16. The molecule has 6 aromatic carbocycles. The highest BCUT2D eigenvalue weighted by atomic mass is 32.3. The fraction of sp³-hybridized carbons (Fsp3) is 0.279. The van der Waals surface area contributed by atoms with Crippen LogP contribution in [0.4, 0.5) is 28.9 Å². The molecule has 4 aromatic heterocycles. The number of aryl methyl sites for hydroxylation is 2. The van der Waals surface area contributed by atoms with Crippen molar-refractivity contribution in [3.05, 3.63) is 184 Å². The van der Waals surface area contributed by atoms with Crippen LogP contribution < -0.4 is 60.6 Å². The molecule has 656 valence electrons. The molecule has 7 aliphatic rings. The molecule has 0 bridgehead atoms. The number of nitrogens with two attached hydrogens (primary N) is 1. The summed E-state index contributed by atoms with van der Waals surface area (Å²) in [6.07, 6.45) is 9.52. The lowest BCUT2D eigenvalue weighted by atomic mass is 9.83. The molecule has 26 nitrogen and oxygen atoms in total. The van der Waals surface area contributed by atoms with Gasteiger partial charge in [0.25, 0.3) is 11.8 Å². The van der Waals surface area contributed by atoms with Crippen LogP contribution in [0.25, 0.3) is 52.9 Å². The topological polar surface area (TPSA) is 379 Å². The van der Waals surface area contributed by atoms with E-state index in [1.54, 1.807) is 56.6 Å². The van der Waals surface area contributed by atoms with E-state index >= 15 is 17.6 Å². The van der Waals surface area contributed by atoms with E-state index in [9.17, 15) is 71.1 Å². The van der Waals surface area contributed by atoms with Gasteiger partial charge in [0.1, 0.15) is 119 Å². The largest absolute Gasteiger partial charge is 0.744 e. The van der Waals surface area contributed by atoms with Gasteiger partial charge in [-0.05, 0) is 113 Å². The number of halogens is 4. The van der Waals surface area contributed by atoms with E-state index in [2.05, 4.69) is 48.4 Å². The monoisotopic (exact) mass is 1900 g/mol. The Balaban J connectivity index is 0.000000187. The Bertz CT molecular complexity index is 7470. The van der Waals surface area contributed by atoms with Gasteiger partial charge in [-0.1, -0.05) is 11.8 Å². The summed E-state index contributed by atoms with van der Waals surface area (Å²) in [6, 6.07) is 20.9. The third-order valence-electron chi connectivity index (χ3n) is 23.6. The third-order valence-corrected chi connectivity index (χ3v) is 34.5. The molecule has 0 unspecified atom stereocenters. The Morgan fingerprint density at radius 3 is 1.28 bits per heavy atom. The van der Waals surface area contributed by atoms with Crippen molar-refractivity contribution in [2.45, 2.75) is 132 Å². The highest BCUT2D eigenvalue weighted by Gasteiger charge is 2.47. The van der Waals surface area contributed by atoms with Gasteiger partial charge >= 0.3 is 5.97 Å². The number of thiophene rings is 4. The van der Waals surface area contributed by atoms with Gasteiger partial charge in [-0.3, -0.25) is 14.4 Å². The molecule has 126 heavy (non-hydrogen) atoms. The molecule has 0 saturated carbocycles. The minimum Gasteiger partial charge on any atom is -0.744 e. The van der Waals surface area contributed by atoms with E-state index in [1.165, 1.54) is 40.9 Å². The van der Waals surface area contributed by atoms with Crippen molar-refractivity contribution in [2.24, 2.45) is 5.73 Å². The van der Waals surface area contributed by atoms with Crippen LogP contribution in [0.2, 0.25) is 0 Å². The van der Waals surface area contributed by atoms with Crippen LogP contribution in [-0.4, -0.2) is 133 Å². The van der Waals surface area contributed by atoms with Gasteiger partial charge in [0, 0.05) is 174 Å². The SMILES string of the molecule is C#CCN.C#CCNC(=O)CSc1cc(F)c(S(=O)(=O)[O-])c(C2=c3cc4c(cc3Oc3cc5c(cc32)-c2sc(C)cc2C(C)(C)N5C)=[N+](C)C(C)(C)c2cc(S(=O)(=O)[O-])sc2-4)c1F.Cc1cc2c(s1)-c1cc3c(cc1N(C)C2(C)C)Oc1cc2c(cc1=C3c1c(F)c(SCC(=O)ON3C(=O)CCC3=O)cc(F)c1S(=O)(=O)[O-])-c1sc(S(=O)(=O)[O-])cc1C(C)(C)[N+]=2C. The van der Waals surface area contributed by atoms with E-state index in [1.807, 2.05) is 89.6 Å². The first kappa shape index (κ1) is 90.7. The smallest absolute Gasteiger partial charge is 0.343 e. The Hall–Kier alpha value is -10.1. The van der Waals surface area contributed by atoms with E-state index in [0.29, 0.717) is 102 Å². The number of hydrogen-bond acceptors (Lipinski definition) is 28. The number of amides is 3. The number of thioether (sulfide) groups is 2. The Kier molecular flexibility index (Phi) is 22.8. The van der Waals surface area contributed by atoms with Crippen LogP contribution in [-0.2, 0) is 86.6 Å². The Morgan fingerprint density at radius 2 is 0.913 bits per heavy atom. The second-order valence-corrected chi connectivity index (χ2v) is 44.8. The van der Waals surface area contributed by atoms with Crippen molar-refractivity contribution in [1.82, 2.24) is 19.5 Å². The minimum absolute atomic E-state index is 0.0110. The summed E-state index contributed by atoms with van der Waals surface area (Å²) < 4.78 is 237. The maximum Gasteiger partial charge on any atom is 0.343 e. The van der Waals surface area contributed by atoms with Crippen LogP contribution in [0.5, 0.6) is 23.0 Å². The molecule has 3 N–H and O–H groups in total. The minimum atomic E-state index is -5.83. The molecule has 0 aliphatic carbocycles. The average Bonchev–Trinajstić information content (AvgIpc) is 1.19. The molecule has 1 saturated heterocycles. The van der Waals surface area contributed by atoms with E-state index in [-0.39, 0.29) is 80.2 Å². The van der Waals surface area contributed by atoms with Gasteiger partial charge in [0.05, 0.1) is 68.7 Å². The molecule has 0 radical (unpaired) electrons. The van der Waals surface area contributed by atoms with Crippen molar-refractivity contribution < 1.29 is 103 Å². The summed E-state index contributed by atoms with van der Waals surface area (Å²) in [5, 5.41) is 3.79. The zero-order valence-electron chi connectivity index (χ0n) is 69.1. The highest BCUT2D eigenvalue weighted by molar-refractivity contribution is 8.00. The molecule has 7 aliphatic heterocycles. The zero-order valence-corrected chi connectivity index (χ0v) is 77.3. The molecule has 0 spiro atoms. The first-order chi connectivity index (χ1) is 58.7. The summed E-state index contributed by atoms with van der Waals surface area (Å²) in [7, 11) is -14.1. The lowest BCUT2D eigenvalue weighted by molar-refractivity contribution is -0.195. The average molecular weight is 1910 g/mol. The summed E-state index contributed by atoms with van der Waals surface area (Å²) >= 11 is 5.44. The standard InChI is InChI=1S/C42H35F2N3O11S5.C41H35F2N3O8S5.C3H5N/c1-18-10-23-38(60-18)19-11-21-28(15-26(19)45(6)41(23,2)3)57-29-16-27-20(39-24(42(4,5)46(27)7)13-34(61-39)62(51,52)53)12-22(29)35(21)36-37(44)30(14-25(43)40(36)63(54,55)56)59-17-33(50)58-47-31(48)8-9-32(47)49;1-9-10-44-32(47)18-55-31-15-26(42)39(59(51,52)53)35(36(31)43)34-22-12-20-27(45(7)40(3,4)24-11-19(2)56-37(20)24)16-29(22)54-30-17-28-21(13-23(30)34)38-25(41(5,6)46(28)8)14-33(57-38)58(48,49)50;1-2-3-4/h10-16H,8-9,17H2,1-7H3,(H-,51,52,53,54,55,56);1,11-17H,10,18H2,2-8H3,(H2-,44,47,48,49,50,51,52,53);1H,3-4H2/p-2. The Labute approximate surface area is 745 Å². The highest BCUT2D eigenvalue weighted by Crippen LogP contribution is 2.58. The number of nitrogens with one attached hydrogen (secondary N) is 1. The van der Waals surface area contributed by atoms with Crippen molar-refractivity contribution in [1.29, 1.82) is 0 Å². The molecule has 11 heterocycles. The molecule has 0 atom stereocenters. The quantitative estimate of drug-likeness (QED) is 0.0255. The number of carbonyl (C=O) groups excluding carboxylic acids is 4. The number of hydroxylamine groups is 2. The lowest BCUT2D eigenvalue weighted by Crippen LogP contribution is -2.46. The van der Waals surface area contributed by atoms with Crippen LogP contribution in [0.1, 0.15) is 122 Å². The molecule has 10 aromatic rings. The van der Waals surface area contributed by atoms with Crippen LogP contribution in [0.15, 0.2) is 113 Å². The van der Waals surface area contributed by atoms with Gasteiger partial charge in [-0.25, -0.2) is 65.2 Å². The number of imide groups is 1. The summed E-state index contributed by atoms with van der Waals surface area (Å²) in [5.74, 6) is -5.52. The van der Waals surface area contributed by atoms with Gasteiger partial charge < -0.3 is 53.4 Å². The molecule has 17 rings (SSSR count). The van der Waals surface area contributed by atoms with Gasteiger partial charge in [-0.2, -0.15) is 0 Å². The van der Waals surface area contributed by atoms with E-state index < -0.39 is 160 Å². The Morgan fingerprint density at radius 1 is 0.532 bits per heavy atom. The summed E-state index contributed by atoms with van der Waals surface area (Å²) in [6.45, 7) is 19.7. The fourth-order valence-corrected chi connectivity index (χ4v) is 25.8. The first-order valence-electron chi connectivity index (χ1n) is 38.0. The predicted molar refractivity (Wildman–Crippen MR) is 467 cm³/mol. The summed E-state index contributed by atoms with van der Waals surface area (Å²) in [4.78, 5) is 59.0. The maximum absolute atomic E-state index is 17.6. The molecule has 1 fully saturated rings. The van der Waals surface area contributed by atoms with Gasteiger partial charge in [0.2, 0.25) is 16.6 Å². The van der Waals surface area contributed by atoms with Gasteiger partial charge in [0.15, 0.2) is 11.1 Å². The maximum atomic E-state index is 17.6. The van der Waals surface area contributed by atoms with Crippen LogP contribution in [0.3, 0.4) is 0 Å². The fourth-order valence-electron chi connectivity index (χ4n) is 16.4.